The molecule has 0 aromatic heterocycles. The Balaban J connectivity index is 1.77. The second-order valence-corrected chi connectivity index (χ2v) is 4.68. The van der Waals surface area contributed by atoms with E-state index in [-0.39, 0.29) is 12.6 Å². The normalized spacial score (nSPS) is 26.6. The molecule has 0 unspecified atom stereocenters. The molecule has 0 spiro atoms. The Bertz CT molecular complexity index is 217. The molecule has 1 saturated heterocycles. The van der Waals surface area contributed by atoms with Crippen LogP contribution in [0.2, 0.25) is 0 Å². The van der Waals surface area contributed by atoms with Crippen molar-refractivity contribution in [3.05, 3.63) is 0 Å². The monoisotopic (exact) mass is 222 g/mol. The van der Waals surface area contributed by atoms with Crippen LogP contribution in [0, 0.1) is 5.41 Å². The van der Waals surface area contributed by atoms with E-state index in [1.54, 1.807) is 0 Å². The predicted molar refractivity (Wildman–Crippen MR) is 51.6 cm³/mol. The summed E-state index contributed by atoms with van der Waals surface area (Å²) < 4.78 is 37.8. The van der Waals surface area contributed by atoms with Crippen molar-refractivity contribution in [1.29, 1.82) is 0 Å². The first-order valence-electron chi connectivity index (χ1n) is 5.54. The zero-order valence-corrected chi connectivity index (χ0v) is 8.66. The van der Waals surface area contributed by atoms with Crippen LogP contribution in [0.25, 0.3) is 0 Å². The molecule has 88 valence electrons. The van der Waals surface area contributed by atoms with Crippen LogP contribution in [0.1, 0.15) is 25.7 Å². The standard InChI is InChI=1S/C10H17F3N2/c11-10(12,13)9(3-4-9)7-15-8-1-5-14-6-2-8/h8,14-15H,1-7H2. The van der Waals surface area contributed by atoms with Gasteiger partial charge in [0.2, 0.25) is 0 Å². The van der Waals surface area contributed by atoms with Gasteiger partial charge in [0.15, 0.2) is 0 Å². The molecule has 2 rings (SSSR count). The maximum absolute atomic E-state index is 12.6. The van der Waals surface area contributed by atoms with Crippen LogP contribution >= 0.6 is 0 Å². The third kappa shape index (κ3) is 2.45. The second-order valence-electron chi connectivity index (χ2n) is 4.68. The number of piperidine rings is 1. The molecule has 1 aliphatic heterocycles. The Labute approximate surface area is 87.6 Å². The van der Waals surface area contributed by atoms with Crippen LogP contribution in [-0.2, 0) is 0 Å². The predicted octanol–water partition coefficient (Wildman–Crippen LogP) is 1.67. The summed E-state index contributed by atoms with van der Waals surface area (Å²) in [4.78, 5) is 0. The number of hydrogen-bond donors (Lipinski definition) is 2. The van der Waals surface area contributed by atoms with Crippen LogP contribution in [0.4, 0.5) is 13.2 Å². The van der Waals surface area contributed by atoms with E-state index in [4.69, 9.17) is 0 Å². The van der Waals surface area contributed by atoms with Gasteiger partial charge in [0.25, 0.3) is 0 Å². The summed E-state index contributed by atoms with van der Waals surface area (Å²) in [5.41, 5.74) is -1.39. The Morgan fingerprint density at radius 3 is 2.27 bits per heavy atom. The molecule has 5 heteroatoms. The Morgan fingerprint density at radius 1 is 1.20 bits per heavy atom. The summed E-state index contributed by atoms with van der Waals surface area (Å²) in [6.07, 6.45) is -1.54. The Hall–Kier alpha value is -0.290. The van der Waals surface area contributed by atoms with Gasteiger partial charge in [0, 0.05) is 12.6 Å². The third-order valence-corrected chi connectivity index (χ3v) is 3.52. The van der Waals surface area contributed by atoms with Crippen LogP contribution in [0.15, 0.2) is 0 Å². The average Bonchev–Trinajstić information content (AvgIpc) is 2.96. The highest BCUT2D eigenvalue weighted by Crippen LogP contribution is 2.57. The van der Waals surface area contributed by atoms with E-state index >= 15 is 0 Å². The van der Waals surface area contributed by atoms with Gasteiger partial charge >= 0.3 is 6.18 Å². The van der Waals surface area contributed by atoms with Crippen molar-refractivity contribution in [3.8, 4) is 0 Å². The largest absolute Gasteiger partial charge is 0.395 e. The summed E-state index contributed by atoms with van der Waals surface area (Å²) in [6, 6.07) is 0.270. The smallest absolute Gasteiger partial charge is 0.317 e. The average molecular weight is 222 g/mol. The third-order valence-electron chi connectivity index (χ3n) is 3.52. The van der Waals surface area contributed by atoms with E-state index in [9.17, 15) is 13.2 Å². The lowest BCUT2D eigenvalue weighted by molar-refractivity contribution is -0.185. The molecular formula is C10H17F3N2. The van der Waals surface area contributed by atoms with E-state index < -0.39 is 11.6 Å². The van der Waals surface area contributed by atoms with E-state index in [2.05, 4.69) is 10.6 Å². The summed E-state index contributed by atoms with van der Waals surface area (Å²) in [7, 11) is 0. The van der Waals surface area contributed by atoms with Gasteiger partial charge < -0.3 is 10.6 Å². The lowest BCUT2D eigenvalue weighted by Gasteiger charge is -2.27. The molecule has 0 aromatic carbocycles. The van der Waals surface area contributed by atoms with Crippen molar-refractivity contribution in [3.63, 3.8) is 0 Å². The fourth-order valence-electron chi connectivity index (χ4n) is 2.08. The molecule has 15 heavy (non-hydrogen) atoms. The summed E-state index contributed by atoms with van der Waals surface area (Å²) in [6.45, 7) is 1.94. The van der Waals surface area contributed by atoms with Gasteiger partial charge in [-0.15, -0.1) is 0 Å². The molecule has 2 N–H and O–H groups in total. The zero-order valence-electron chi connectivity index (χ0n) is 8.66. The number of nitrogens with one attached hydrogen (secondary N) is 2. The van der Waals surface area contributed by atoms with Gasteiger partial charge in [0.1, 0.15) is 0 Å². The minimum absolute atomic E-state index is 0.112. The van der Waals surface area contributed by atoms with Gasteiger partial charge in [0.05, 0.1) is 5.41 Å². The van der Waals surface area contributed by atoms with Crippen molar-refractivity contribution in [2.75, 3.05) is 19.6 Å². The first-order chi connectivity index (χ1) is 7.04. The Kier molecular flexibility index (Phi) is 2.94. The van der Waals surface area contributed by atoms with Gasteiger partial charge in [-0.25, -0.2) is 0 Å². The zero-order chi connectivity index (χ0) is 10.9. The molecule has 0 radical (unpaired) electrons. The number of rotatable bonds is 3. The van der Waals surface area contributed by atoms with Gasteiger partial charge in [-0.05, 0) is 38.8 Å². The second kappa shape index (κ2) is 3.94. The van der Waals surface area contributed by atoms with Crippen LogP contribution in [0.5, 0.6) is 0 Å². The van der Waals surface area contributed by atoms with E-state index in [0.717, 1.165) is 25.9 Å². The minimum atomic E-state index is -4.02. The lowest BCUT2D eigenvalue weighted by Crippen LogP contribution is -2.44. The first-order valence-corrected chi connectivity index (χ1v) is 5.54. The fourth-order valence-corrected chi connectivity index (χ4v) is 2.08. The van der Waals surface area contributed by atoms with Gasteiger partial charge in [-0.2, -0.15) is 13.2 Å². The highest BCUT2D eigenvalue weighted by Gasteiger charge is 2.62. The van der Waals surface area contributed by atoms with Gasteiger partial charge in [-0.1, -0.05) is 0 Å². The van der Waals surface area contributed by atoms with Crippen molar-refractivity contribution in [1.82, 2.24) is 10.6 Å². The van der Waals surface area contributed by atoms with E-state index in [1.165, 1.54) is 0 Å². The number of halogens is 3. The maximum atomic E-state index is 12.6. The molecule has 0 aromatic rings. The van der Waals surface area contributed by atoms with Crippen molar-refractivity contribution in [2.45, 2.75) is 37.9 Å². The molecular weight excluding hydrogens is 205 g/mol. The van der Waals surface area contributed by atoms with Crippen molar-refractivity contribution >= 4 is 0 Å². The quantitative estimate of drug-likeness (QED) is 0.759. The Morgan fingerprint density at radius 2 is 1.80 bits per heavy atom. The van der Waals surface area contributed by atoms with Crippen LogP contribution in [0.3, 0.4) is 0 Å². The molecule has 1 aliphatic carbocycles. The first kappa shape index (κ1) is 11.2. The van der Waals surface area contributed by atoms with Gasteiger partial charge in [-0.3, -0.25) is 0 Å². The topological polar surface area (TPSA) is 24.1 Å². The molecule has 0 bridgehead atoms. The lowest BCUT2D eigenvalue weighted by atomic mass is 10.0. The highest BCUT2D eigenvalue weighted by molar-refractivity contribution is 5.01. The molecule has 0 amide bonds. The maximum Gasteiger partial charge on any atom is 0.395 e. The molecule has 2 nitrogen and oxygen atoms in total. The summed E-state index contributed by atoms with van der Waals surface area (Å²) in [5.74, 6) is 0. The summed E-state index contributed by atoms with van der Waals surface area (Å²) >= 11 is 0. The molecule has 1 heterocycles. The van der Waals surface area contributed by atoms with Crippen molar-refractivity contribution < 1.29 is 13.2 Å². The molecule has 1 saturated carbocycles. The molecule has 0 atom stereocenters. The van der Waals surface area contributed by atoms with Crippen LogP contribution in [-0.4, -0.2) is 31.9 Å². The number of hydrogen-bond acceptors (Lipinski definition) is 2. The molecule has 2 fully saturated rings. The SMILES string of the molecule is FC(F)(F)C1(CNC2CCNCC2)CC1. The van der Waals surface area contributed by atoms with E-state index in [1.807, 2.05) is 0 Å². The van der Waals surface area contributed by atoms with Crippen LogP contribution < -0.4 is 10.6 Å². The number of alkyl halides is 3. The van der Waals surface area contributed by atoms with E-state index in [0.29, 0.717) is 12.8 Å². The molecule has 2 aliphatic rings. The fraction of sp³-hybridized carbons (Fsp3) is 1.00. The minimum Gasteiger partial charge on any atom is -0.317 e. The summed E-state index contributed by atoms with van der Waals surface area (Å²) in [5, 5.41) is 6.27. The van der Waals surface area contributed by atoms with Crippen molar-refractivity contribution in [2.24, 2.45) is 5.41 Å². The highest BCUT2D eigenvalue weighted by atomic mass is 19.4.